The van der Waals surface area contributed by atoms with Crippen LogP contribution in [-0.2, 0) is 4.79 Å². The first-order chi connectivity index (χ1) is 15.1. The Kier molecular flexibility index (Phi) is 4.84. The van der Waals surface area contributed by atoms with Crippen LogP contribution in [0.1, 0.15) is 5.56 Å². The van der Waals surface area contributed by atoms with Gasteiger partial charge in [0.25, 0.3) is 5.91 Å². The summed E-state index contributed by atoms with van der Waals surface area (Å²) >= 11 is 0. The molecule has 0 aliphatic rings. The number of aromatic nitrogens is 1. The van der Waals surface area contributed by atoms with Gasteiger partial charge in [-0.3, -0.25) is 4.79 Å². The molecule has 1 amide bonds. The van der Waals surface area contributed by atoms with Crippen LogP contribution >= 0.6 is 0 Å². The highest BCUT2D eigenvalue weighted by atomic mass is 16.5. The van der Waals surface area contributed by atoms with Gasteiger partial charge in [0.05, 0.1) is 0 Å². The van der Waals surface area contributed by atoms with Gasteiger partial charge in [0.1, 0.15) is 11.3 Å². The molecule has 0 radical (unpaired) electrons. The lowest BCUT2D eigenvalue weighted by atomic mass is 10.1. The predicted octanol–water partition coefficient (Wildman–Crippen LogP) is 5.97. The Labute approximate surface area is 179 Å². The lowest BCUT2D eigenvalue weighted by molar-refractivity contribution is -0.118. The summed E-state index contributed by atoms with van der Waals surface area (Å²) in [5.74, 6) is 0.992. The maximum Gasteiger partial charge on any atom is 0.262 e. The van der Waals surface area contributed by atoms with E-state index in [2.05, 4.69) is 10.3 Å². The minimum Gasteiger partial charge on any atom is -0.484 e. The molecule has 0 aliphatic carbocycles. The summed E-state index contributed by atoms with van der Waals surface area (Å²) in [6.45, 7) is 1.95. The molecule has 0 saturated carbocycles. The van der Waals surface area contributed by atoms with Crippen molar-refractivity contribution in [1.82, 2.24) is 4.98 Å². The minimum atomic E-state index is -0.224. The van der Waals surface area contributed by atoms with Gasteiger partial charge in [-0.05, 0) is 71.8 Å². The monoisotopic (exact) mass is 408 g/mol. The zero-order valence-corrected chi connectivity index (χ0v) is 17.0. The van der Waals surface area contributed by atoms with Crippen LogP contribution in [0.4, 0.5) is 5.69 Å². The van der Waals surface area contributed by atoms with Gasteiger partial charge in [-0.15, -0.1) is 0 Å². The average molecular weight is 408 g/mol. The standard InChI is InChI=1S/C26H20N2O3/c1-17-6-13-23-24(14-17)31-26(28-23)19-7-10-21(11-8-19)27-25(29)16-30-22-12-9-18-4-2-3-5-20(18)15-22/h2-15H,16H2,1H3,(H,27,29). The number of hydrogen-bond donors (Lipinski definition) is 1. The summed E-state index contributed by atoms with van der Waals surface area (Å²) in [4.78, 5) is 16.8. The van der Waals surface area contributed by atoms with Gasteiger partial charge < -0.3 is 14.5 Å². The van der Waals surface area contributed by atoms with Crippen molar-refractivity contribution in [2.75, 3.05) is 11.9 Å². The van der Waals surface area contributed by atoms with Gasteiger partial charge in [-0.2, -0.15) is 0 Å². The molecular weight excluding hydrogens is 388 g/mol. The second-order valence-electron chi connectivity index (χ2n) is 7.41. The van der Waals surface area contributed by atoms with E-state index < -0.39 is 0 Å². The van der Waals surface area contributed by atoms with Crippen LogP contribution in [0, 0.1) is 6.92 Å². The first kappa shape index (κ1) is 18.9. The molecule has 0 atom stereocenters. The molecule has 0 aliphatic heterocycles. The fourth-order valence-electron chi connectivity index (χ4n) is 3.45. The van der Waals surface area contributed by atoms with E-state index >= 15 is 0 Å². The lowest BCUT2D eigenvalue weighted by Crippen LogP contribution is -2.20. The number of hydrogen-bond acceptors (Lipinski definition) is 4. The number of benzene rings is 4. The summed E-state index contributed by atoms with van der Waals surface area (Å²) in [7, 11) is 0. The SMILES string of the molecule is Cc1ccc2nc(-c3ccc(NC(=O)COc4ccc5ccccc5c4)cc3)oc2c1. The van der Waals surface area contributed by atoms with Crippen LogP contribution in [0.3, 0.4) is 0 Å². The summed E-state index contributed by atoms with van der Waals surface area (Å²) in [6, 6.07) is 27.1. The molecule has 31 heavy (non-hydrogen) atoms. The third-order valence-corrected chi connectivity index (χ3v) is 5.05. The predicted molar refractivity (Wildman–Crippen MR) is 122 cm³/mol. The van der Waals surface area contributed by atoms with E-state index in [-0.39, 0.29) is 12.5 Å². The number of nitrogens with zero attached hydrogens (tertiary/aromatic N) is 1. The summed E-state index contributed by atoms with van der Waals surface area (Å²) < 4.78 is 11.5. The van der Waals surface area contributed by atoms with Gasteiger partial charge in [0.15, 0.2) is 12.2 Å². The van der Waals surface area contributed by atoms with Gasteiger partial charge in [-0.1, -0.05) is 36.4 Å². The maximum atomic E-state index is 12.3. The highest BCUT2D eigenvalue weighted by Crippen LogP contribution is 2.26. The summed E-state index contributed by atoms with van der Waals surface area (Å²) in [5, 5.41) is 5.05. The fraction of sp³-hybridized carbons (Fsp3) is 0.0769. The maximum absolute atomic E-state index is 12.3. The van der Waals surface area contributed by atoms with E-state index in [1.807, 2.05) is 91.9 Å². The molecule has 4 aromatic carbocycles. The number of oxazole rings is 1. The number of fused-ring (bicyclic) bond motifs is 2. The molecule has 152 valence electrons. The molecule has 0 unspecified atom stereocenters. The minimum absolute atomic E-state index is 0.0649. The van der Waals surface area contributed by atoms with Gasteiger partial charge >= 0.3 is 0 Å². The van der Waals surface area contributed by atoms with Crippen molar-refractivity contribution < 1.29 is 13.9 Å². The van der Waals surface area contributed by atoms with Crippen molar-refractivity contribution in [2.45, 2.75) is 6.92 Å². The van der Waals surface area contributed by atoms with Crippen molar-refractivity contribution in [2.24, 2.45) is 0 Å². The normalized spacial score (nSPS) is 11.0. The van der Waals surface area contributed by atoms with E-state index in [0.717, 1.165) is 33.0 Å². The second kappa shape index (κ2) is 7.95. The number of rotatable bonds is 5. The van der Waals surface area contributed by atoms with Crippen molar-refractivity contribution in [3.63, 3.8) is 0 Å². The number of carbonyl (C=O) groups is 1. The smallest absolute Gasteiger partial charge is 0.262 e. The topological polar surface area (TPSA) is 64.4 Å². The first-order valence-electron chi connectivity index (χ1n) is 10.0. The Morgan fingerprint density at radius 1 is 0.935 bits per heavy atom. The molecule has 5 heteroatoms. The molecule has 0 saturated heterocycles. The second-order valence-corrected chi connectivity index (χ2v) is 7.41. The lowest BCUT2D eigenvalue weighted by Gasteiger charge is -2.08. The number of carbonyl (C=O) groups excluding carboxylic acids is 1. The third kappa shape index (κ3) is 4.12. The van der Waals surface area contributed by atoms with E-state index in [1.165, 1.54) is 0 Å². The van der Waals surface area contributed by atoms with Gasteiger partial charge in [0, 0.05) is 11.3 Å². The van der Waals surface area contributed by atoms with Crippen LogP contribution in [0.5, 0.6) is 5.75 Å². The number of amides is 1. The average Bonchev–Trinajstić information content (AvgIpc) is 3.21. The van der Waals surface area contributed by atoms with Crippen LogP contribution in [0.15, 0.2) is 89.3 Å². The van der Waals surface area contributed by atoms with Crippen molar-refractivity contribution in [3.05, 3.63) is 90.5 Å². The molecule has 0 spiro atoms. The molecule has 0 fully saturated rings. The zero-order chi connectivity index (χ0) is 21.2. The van der Waals surface area contributed by atoms with Crippen molar-refractivity contribution in [1.29, 1.82) is 0 Å². The van der Waals surface area contributed by atoms with Gasteiger partial charge in [-0.25, -0.2) is 4.98 Å². The third-order valence-electron chi connectivity index (χ3n) is 5.05. The first-order valence-corrected chi connectivity index (χ1v) is 10.0. The fourth-order valence-corrected chi connectivity index (χ4v) is 3.45. The highest BCUT2D eigenvalue weighted by Gasteiger charge is 2.09. The number of anilines is 1. The van der Waals surface area contributed by atoms with E-state index in [4.69, 9.17) is 9.15 Å². The Bertz CT molecular complexity index is 1390. The van der Waals surface area contributed by atoms with Crippen molar-refractivity contribution in [3.8, 4) is 17.2 Å². The Balaban J connectivity index is 1.22. The van der Waals surface area contributed by atoms with Crippen LogP contribution in [0.2, 0.25) is 0 Å². The highest BCUT2D eigenvalue weighted by molar-refractivity contribution is 5.92. The summed E-state index contributed by atoms with van der Waals surface area (Å²) in [5.41, 5.74) is 4.24. The Morgan fingerprint density at radius 3 is 2.58 bits per heavy atom. The number of aryl methyl sites for hydroxylation is 1. The molecule has 1 N–H and O–H groups in total. The largest absolute Gasteiger partial charge is 0.484 e. The Morgan fingerprint density at radius 2 is 1.74 bits per heavy atom. The molecule has 5 rings (SSSR count). The molecule has 1 aromatic heterocycles. The molecule has 0 bridgehead atoms. The number of ether oxygens (including phenoxy) is 1. The van der Waals surface area contributed by atoms with Crippen LogP contribution < -0.4 is 10.1 Å². The molecule has 5 nitrogen and oxygen atoms in total. The zero-order valence-electron chi connectivity index (χ0n) is 17.0. The van der Waals surface area contributed by atoms with E-state index in [0.29, 0.717) is 17.3 Å². The van der Waals surface area contributed by atoms with E-state index in [1.54, 1.807) is 0 Å². The van der Waals surface area contributed by atoms with Crippen LogP contribution in [0.25, 0.3) is 33.3 Å². The van der Waals surface area contributed by atoms with Gasteiger partial charge in [0.2, 0.25) is 5.89 Å². The summed E-state index contributed by atoms with van der Waals surface area (Å²) in [6.07, 6.45) is 0. The van der Waals surface area contributed by atoms with E-state index in [9.17, 15) is 4.79 Å². The number of nitrogens with one attached hydrogen (secondary N) is 1. The molecule has 1 heterocycles. The van der Waals surface area contributed by atoms with Crippen LogP contribution in [-0.4, -0.2) is 17.5 Å². The molecular formula is C26H20N2O3. The van der Waals surface area contributed by atoms with Crippen molar-refractivity contribution >= 4 is 33.5 Å². The quantitative estimate of drug-likeness (QED) is 0.389. The Hall–Kier alpha value is -4.12. The molecule has 5 aromatic rings.